The summed E-state index contributed by atoms with van der Waals surface area (Å²) in [5.41, 5.74) is 0.155. The third kappa shape index (κ3) is 5.38. The summed E-state index contributed by atoms with van der Waals surface area (Å²) in [5, 5.41) is 10.7. The minimum absolute atomic E-state index is 0.0199. The molecule has 1 aromatic carbocycles. The largest absolute Gasteiger partial charge is 0.480 e. The van der Waals surface area contributed by atoms with E-state index in [1.807, 2.05) is 5.32 Å². The van der Waals surface area contributed by atoms with Crippen LogP contribution in [0.15, 0.2) is 18.2 Å². The van der Waals surface area contributed by atoms with Crippen molar-refractivity contribution in [1.82, 2.24) is 5.32 Å². The Hall–Kier alpha value is -2.06. The first-order valence-electron chi connectivity index (χ1n) is 6.44. The van der Waals surface area contributed by atoms with Crippen LogP contribution in [0.3, 0.4) is 0 Å². The number of carbonyl (C=O) groups excluding carboxylic acids is 1. The summed E-state index contributed by atoms with van der Waals surface area (Å²) in [4.78, 5) is 22.5. The monoisotopic (exact) mass is 317 g/mol. The summed E-state index contributed by atoms with van der Waals surface area (Å²) < 4.78 is 36.0. The van der Waals surface area contributed by atoms with E-state index < -0.39 is 30.4 Å². The van der Waals surface area contributed by atoms with Crippen LogP contribution in [0.4, 0.5) is 8.78 Å². The lowest BCUT2D eigenvalue weighted by Crippen LogP contribution is -2.42. The van der Waals surface area contributed by atoms with Crippen molar-refractivity contribution in [3.63, 3.8) is 0 Å². The van der Waals surface area contributed by atoms with Crippen molar-refractivity contribution in [3.05, 3.63) is 35.1 Å². The number of rotatable bonds is 9. The molecule has 1 amide bonds. The van der Waals surface area contributed by atoms with Crippen molar-refractivity contribution >= 4 is 11.9 Å². The van der Waals surface area contributed by atoms with Crippen LogP contribution in [0.2, 0.25) is 0 Å². The molecule has 22 heavy (non-hydrogen) atoms. The number of carboxylic acids is 1. The van der Waals surface area contributed by atoms with Gasteiger partial charge in [0.25, 0.3) is 5.91 Å². The second-order valence-corrected chi connectivity index (χ2v) is 4.37. The van der Waals surface area contributed by atoms with Crippen LogP contribution in [0, 0.1) is 5.82 Å². The van der Waals surface area contributed by atoms with Gasteiger partial charge in [-0.3, -0.25) is 4.79 Å². The first kappa shape index (κ1) is 18.0. The fraction of sp³-hybridized carbons (Fsp3) is 0.429. The van der Waals surface area contributed by atoms with Gasteiger partial charge in [0.05, 0.1) is 19.8 Å². The summed E-state index contributed by atoms with van der Waals surface area (Å²) in [6, 6.07) is 1.84. The van der Waals surface area contributed by atoms with Gasteiger partial charge >= 0.3 is 5.97 Å². The molecular formula is C14H17F2NO5. The number of nitrogens with one attached hydrogen (secondary N) is 1. The van der Waals surface area contributed by atoms with Gasteiger partial charge in [0.15, 0.2) is 6.04 Å². The highest BCUT2D eigenvalue weighted by Gasteiger charge is 2.20. The van der Waals surface area contributed by atoms with Gasteiger partial charge < -0.3 is 19.9 Å². The molecule has 1 unspecified atom stereocenters. The summed E-state index contributed by atoms with van der Waals surface area (Å²) in [7, 11) is 1.50. The Morgan fingerprint density at radius 1 is 1.36 bits per heavy atom. The predicted molar refractivity (Wildman–Crippen MR) is 72.8 cm³/mol. The Bertz CT molecular complexity index is 524. The minimum Gasteiger partial charge on any atom is -0.480 e. The average molecular weight is 317 g/mol. The van der Waals surface area contributed by atoms with Gasteiger partial charge in [-0.25, -0.2) is 13.6 Å². The molecule has 0 fully saturated rings. The summed E-state index contributed by atoms with van der Waals surface area (Å²) in [5.74, 6) is -2.85. The average Bonchev–Trinajstić information content (AvgIpc) is 2.50. The Kier molecular flexibility index (Phi) is 7.41. The van der Waals surface area contributed by atoms with Crippen LogP contribution in [0.1, 0.15) is 15.9 Å². The zero-order valence-corrected chi connectivity index (χ0v) is 12.0. The van der Waals surface area contributed by atoms with Crippen LogP contribution in [-0.2, 0) is 20.9 Å². The molecular weight excluding hydrogens is 300 g/mol. The molecule has 0 saturated carbocycles. The van der Waals surface area contributed by atoms with Crippen LogP contribution in [0.25, 0.3) is 0 Å². The Labute approximate surface area is 126 Å². The van der Waals surface area contributed by atoms with Crippen LogP contribution >= 0.6 is 0 Å². The minimum atomic E-state index is -1.64. The number of hydrogen-bond acceptors (Lipinski definition) is 4. The van der Waals surface area contributed by atoms with E-state index in [1.165, 1.54) is 19.2 Å². The lowest BCUT2D eigenvalue weighted by Gasteiger charge is -2.12. The highest BCUT2D eigenvalue weighted by molar-refractivity contribution is 5.96. The molecule has 0 aliphatic heterocycles. The number of hydrogen-bond donors (Lipinski definition) is 2. The van der Waals surface area contributed by atoms with Gasteiger partial charge in [0.2, 0.25) is 0 Å². The number of methoxy groups -OCH3 is 1. The molecule has 8 heteroatoms. The molecule has 0 spiro atoms. The number of carbonyl (C=O) groups is 2. The maximum atomic E-state index is 13.6. The van der Waals surface area contributed by atoms with Gasteiger partial charge in [0.1, 0.15) is 12.5 Å². The number of amides is 1. The molecule has 0 saturated heterocycles. The molecule has 2 N–H and O–H groups in total. The van der Waals surface area contributed by atoms with E-state index in [0.29, 0.717) is 6.61 Å². The molecule has 0 bridgehead atoms. The van der Waals surface area contributed by atoms with Crippen molar-refractivity contribution in [3.8, 4) is 0 Å². The van der Waals surface area contributed by atoms with Crippen LogP contribution in [0.5, 0.6) is 0 Å². The SMILES string of the molecule is COCCOCc1cc(C(=O)NC(CF)C(=O)O)ccc1F. The molecule has 1 rings (SSSR count). The highest BCUT2D eigenvalue weighted by Crippen LogP contribution is 2.12. The fourth-order valence-corrected chi connectivity index (χ4v) is 1.56. The van der Waals surface area contributed by atoms with Gasteiger partial charge in [-0.05, 0) is 18.2 Å². The highest BCUT2D eigenvalue weighted by atomic mass is 19.1. The molecule has 6 nitrogen and oxygen atoms in total. The first-order chi connectivity index (χ1) is 10.5. The van der Waals surface area contributed by atoms with Crippen LogP contribution in [-0.4, -0.2) is 50.0 Å². The summed E-state index contributed by atoms with van der Waals surface area (Å²) >= 11 is 0. The predicted octanol–water partition coefficient (Wildman–Crippen LogP) is 1.14. The second kappa shape index (κ2) is 9.06. The maximum Gasteiger partial charge on any atom is 0.328 e. The van der Waals surface area contributed by atoms with E-state index >= 15 is 0 Å². The summed E-state index contributed by atoms with van der Waals surface area (Å²) in [6.45, 7) is -0.703. The van der Waals surface area contributed by atoms with Crippen molar-refractivity contribution in [1.29, 1.82) is 0 Å². The molecule has 0 aromatic heterocycles. The first-order valence-corrected chi connectivity index (χ1v) is 6.44. The zero-order chi connectivity index (χ0) is 16.5. The standard InChI is InChI=1S/C14H17F2NO5/c1-21-4-5-22-8-10-6-9(2-3-11(10)16)13(18)17-12(7-15)14(19)20/h2-3,6,12H,4-5,7-8H2,1H3,(H,17,18)(H,19,20). The molecule has 0 aliphatic carbocycles. The molecule has 0 radical (unpaired) electrons. The normalized spacial score (nSPS) is 12.0. The van der Waals surface area contributed by atoms with Crippen LogP contribution < -0.4 is 5.32 Å². The topological polar surface area (TPSA) is 84.9 Å². The maximum absolute atomic E-state index is 13.6. The molecule has 0 heterocycles. The van der Waals surface area contributed by atoms with E-state index in [0.717, 1.165) is 6.07 Å². The Morgan fingerprint density at radius 2 is 2.09 bits per heavy atom. The molecule has 122 valence electrons. The molecule has 0 aliphatic rings. The Morgan fingerprint density at radius 3 is 2.68 bits per heavy atom. The third-order valence-electron chi connectivity index (χ3n) is 2.75. The van der Waals surface area contributed by atoms with Gasteiger partial charge in [0, 0.05) is 18.2 Å². The number of halogens is 2. The summed E-state index contributed by atoms with van der Waals surface area (Å²) in [6.07, 6.45) is 0. The van der Waals surface area contributed by atoms with E-state index in [9.17, 15) is 18.4 Å². The van der Waals surface area contributed by atoms with Crippen molar-refractivity contribution in [2.24, 2.45) is 0 Å². The van der Waals surface area contributed by atoms with E-state index in [2.05, 4.69) is 0 Å². The third-order valence-corrected chi connectivity index (χ3v) is 2.75. The van der Waals surface area contributed by atoms with E-state index in [1.54, 1.807) is 0 Å². The quantitative estimate of drug-likeness (QED) is 0.667. The van der Waals surface area contributed by atoms with Crippen molar-refractivity contribution in [2.45, 2.75) is 12.6 Å². The number of benzene rings is 1. The second-order valence-electron chi connectivity index (χ2n) is 4.37. The molecule has 1 aromatic rings. The van der Waals surface area contributed by atoms with Gasteiger partial charge in [-0.2, -0.15) is 0 Å². The van der Waals surface area contributed by atoms with E-state index in [-0.39, 0.29) is 24.3 Å². The lowest BCUT2D eigenvalue weighted by atomic mass is 10.1. The zero-order valence-electron chi connectivity index (χ0n) is 12.0. The molecule has 1 atom stereocenters. The number of alkyl halides is 1. The van der Waals surface area contributed by atoms with Crippen molar-refractivity contribution < 1.29 is 33.0 Å². The van der Waals surface area contributed by atoms with Gasteiger partial charge in [-0.1, -0.05) is 0 Å². The Balaban J connectivity index is 2.74. The fourth-order valence-electron chi connectivity index (χ4n) is 1.56. The van der Waals surface area contributed by atoms with Gasteiger partial charge in [-0.15, -0.1) is 0 Å². The lowest BCUT2D eigenvalue weighted by molar-refractivity contribution is -0.139. The van der Waals surface area contributed by atoms with E-state index in [4.69, 9.17) is 14.6 Å². The smallest absolute Gasteiger partial charge is 0.328 e. The number of carboxylic acid groups (broad SMARTS) is 1. The number of aliphatic carboxylic acids is 1. The van der Waals surface area contributed by atoms with Crippen molar-refractivity contribution in [2.75, 3.05) is 27.0 Å². The number of ether oxygens (including phenoxy) is 2.